The molecule has 6 nitrogen and oxygen atoms in total. The van der Waals surface area contributed by atoms with Gasteiger partial charge in [0, 0.05) is 13.6 Å². The first-order chi connectivity index (χ1) is 7.56. The first-order valence-electron chi connectivity index (χ1n) is 4.77. The van der Waals surface area contributed by atoms with E-state index in [-0.39, 0.29) is 18.0 Å². The van der Waals surface area contributed by atoms with E-state index >= 15 is 0 Å². The highest BCUT2D eigenvalue weighted by Gasteiger charge is 2.09. The molecule has 16 heavy (non-hydrogen) atoms. The smallest absolute Gasteiger partial charge is 0.266 e. The van der Waals surface area contributed by atoms with Gasteiger partial charge in [-0.2, -0.15) is 0 Å². The zero-order chi connectivity index (χ0) is 12.1. The van der Waals surface area contributed by atoms with E-state index in [4.69, 9.17) is 0 Å². The van der Waals surface area contributed by atoms with Gasteiger partial charge in [0.05, 0.1) is 12.9 Å². The number of nitrogens with zero attached hydrogens (tertiary/aromatic N) is 2. The second-order valence-electron chi connectivity index (χ2n) is 3.16. The first-order valence-corrected chi connectivity index (χ1v) is 5.85. The van der Waals surface area contributed by atoms with Gasteiger partial charge in [0.2, 0.25) is 5.91 Å². The molecule has 0 saturated carbocycles. The van der Waals surface area contributed by atoms with Crippen LogP contribution in [0, 0.1) is 3.57 Å². The molecule has 0 spiro atoms. The zero-order valence-corrected chi connectivity index (χ0v) is 11.2. The van der Waals surface area contributed by atoms with Crippen molar-refractivity contribution in [1.82, 2.24) is 14.9 Å². The Kier molecular flexibility index (Phi) is 4.71. The van der Waals surface area contributed by atoms with Crippen molar-refractivity contribution in [2.24, 2.45) is 0 Å². The second kappa shape index (κ2) is 5.83. The molecule has 0 saturated heterocycles. The van der Waals surface area contributed by atoms with Gasteiger partial charge < -0.3 is 15.2 Å². The van der Waals surface area contributed by atoms with Crippen LogP contribution in [-0.2, 0) is 4.79 Å². The summed E-state index contributed by atoms with van der Waals surface area (Å²) in [5, 5.41) is 2.84. The molecule has 1 aromatic heterocycles. The van der Waals surface area contributed by atoms with E-state index in [9.17, 15) is 9.59 Å². The Hall–Kier alpha value is -1.12. The molecule has 0 aliphatic heterocycles. The standard InChI is InChI=1S/C9H13IN4O2/c1-3-14(2)6(15)4-11-8-7(10)9(16)13-5-12-8/h5H,3-4H2,1-2H3,(H2,11,12,13,16). The summed E-state index contributed by atoms with van der Waals surface area (Å²) in [6, 6.07) is 0. The van der Waals surface area contributed by atoms with Gasteiger partial charge in [0.15, 0.2) is 0 Å². The number of hydrogen-bond donors (Lipinski definition) is 2. The third-order valence-electron chi connectivity index (χ3n) is 2.10. The van der Waals surface area contributed by atoms with Crippen molar-refractivity contribution in [2.45, 2.75) is 6.92 Å². The lowest BCUT2D eigenvalue weighted by Gasteiger charge is -2.15. The summed E-state index contributed by atoms with van der Waals surface area (Å²) in [6.45, 7) is 2.68. The number of carbonyl (C=O) groups is 1. The van der Waals surface area contributed by atoms with Gasteiger partial charge in [-0.1, -0.05) is 0 Å². The summed E-state index contributed by atoms with van der Waals surface area (Å²) in [6.07, 6.45) is 1.31. The van der Waals surface area contributed by atoms with Crippen LogP contribution >= 0.6 is 22.6 Å². The van der Waals surface area contributed by atoms with Gasteiger partial charge in [-0.15, -0.1) is 0 Å². The number of aromatic amines is 1. The van der Waals surface area contributed by atoms with Crippen LogP contribution in [0.2, 0.25) is 0 Å². The highest BCUT2D eigenvalue weighted by atomic mass is 127. The Morgan fingerprint density at radius 2 is 2.38 bits per heavy atom. The maximum absolute atomic E-state index is 11.5. The highest BCUT2D eigenvalue weighted by Crippen LogP contribution is 2.07. The summed E-state index contributed by atoms with van der Waals surface area (Å²) in [5.41, 5.74) is -0.214. The molecule has 0 aliphatic rings. The third kappa shape index (κ3) is 3.19. The van der Waals surface area contributed by atoms with Crippen molar-refractivity contribution in [3.05, 3.63) is 20.3 Å². The summed E-state index contributed by atoms with van der Waals surface area (Å²) in [7, 11) is 1.72. The van der Waals surface area contributed by atoms with Gasteiger partial charge in [-0.25, -0.2) is 4.98 Å². The number of likely N-dealkylation sites (N-methyl/N-ethyl adjacent to an activating group) is 1. The molecule has 7 heteroatoms. The lowest BCUT2D eigenvalue weighted by molar-refractivity contribution is -0.127. The maximum Gasteiger partial charge on any atom is 0.266 e. The minimum Gasteiger partial charge on any atom is -0.360 e. The summed E-state index contributed by atoms with van der Waals surface area (Å²) in [4.78, 5) is 30.7. The van der Waals surface area contributed by atoms with Crippen LogP contribution in [0.3, 0.4) is 0 Å². The van der Waals surface area contributed by atoms with Crippen molar-refractivity contribution in [3.63, 3.8) is 0 Å². The molecular formula is C9H13IN4O2. The lowest BCUT2D eigenvalue weighted by atomic mass is 10.4. The van der Waals surface area contributed by atoms with Crippen molar-refractivity contribution >= 4 is 34.3 Å². The Morgan fingerprint density at radius 1 is 1.69 bits per heavy atom. The van der Waals surface area contributed by atoms with Crippen molar-refractivity contribution in [1.29, 1.82) is 0 Å². The largest absolute Gasteiger partial charge is 0.360 e. The SMILES string of the molecule is CCN(C)C(=O)CNc1nc[nH]c(=O)c1I. The van der Waals surface area contributed by atoms with Gasteiger partial charge >= 0.3 is 0 Å². The van der Waals surface area contributed by atoms with Crippen LogP contribution in [0.15, 0.2) is 11.1 Å². The van der Waals surface area contributed by atoms with Gasteiger partial charge in [0.1, 0.15) is 9.39 Å². The molecule has 1 amide bonds. The van der Waals surface area contributed by atoms with Crippen LogP contribution in [0.25, 0.3) is 0 Å². The molecule has 88 valence electrons. The molecule has 0 radical (unpaired) electrons. The molecular weight excluding hydrogens is 323 g/mol. The fourth-order valence-corrected chi connectivity index (χ4v) is 1.46. The van der Waals surface area contributed by atoms with E-state index in [0.29, 0.717) is 15.9 Å². The molecule has 2 N–H and O–H groups in total. The molecule has 0 aromatic carbocycles. The van der Waals surface area contributed by atoms with Crippen LogP contribution in [0.1, 0.15) is 6.92 Å². The maximum atomic E-state index is 11.5. The summed E-state index contributed by atoms with van der Waals surface area (Å²) >= 11 is 1.88. The van der Waals surface area contributed by atoms with E-state index in [0.717, 1.165) is 0 Å². The minimum atomic E-state index is -0.214. The molecule has 0 bridgehead atoms. The Balaban J connectivity index is 2.65. The Morgan fingerprint density at radius 3 is 3.00 bits per heavy atom. The monoisotopic (exact) mass is 336 g/mol. The van der Waals surface area contributed by atoms with Crippen LogP contribution in [0.5, 0.6) is 0 Å². The van der Waals surface area contributed by atoms with Crippen LogP contribution < -0.4 is 10.9 Å². The van der Waals surface area contributed by atoms with E-state index in [1.54, 1.807) is 11.9 Å². The number of halogens is 1. The van der Waals surface area contributed by atoms with Crippen molar-refractivity contribution < 1.29 is 4.79 Å². The predicted octanol–water partition coefficient (Wildman–Crippen LogP) is 0.265. The highest BCUT2D eigenvalue weighted by molar-refractivity contribution is 14.1. The van der Waals surface area contributed by atoms with E-state index in [1.165, 1.54) is 6.33 Å². The second-order valence-corrected chi connectivity index (χ2v) is 4.23. The first kappa shape index (κ1) is 12.9. The topological polar surface area (TPSA) is 78.1 Å². The summed E-state index contributed by atoms with van der Waals surface area (Å²) < 4.78 is 0.451. The number of anilines is 1. The summed E-state index contributed by atoms with van der Waals surface area (Å²) in [5.74, 6) is 0.391. The molecule has 0 atom stereocenters. The van der Waals surface area contributed by atoms with Crippen molar-refractivity contribution in [2.75, 3.05) is 25.5 Å². The molecule has 0 fully saturated rings. The number of aromatic nitrogens is 2. The quantitative estimate of drug-likeness (QED) is 0.774. The van der Waals surface area contributed by atoms with Crippen LogP contribution in [-0.4, -0.2) is 40.9 Å². The Bertz CT molecular complexity index is 432. The zero-order valence-electron chi connectivity index (χ0n) is 9.08. The molecule has 0 unspecified atom stereocenters. The number of carbonyl (C=O) groups excluding carboxylic acids is 1. The van der Waals surface area contributed by atoms with Gasteiger partial charge in [0.25, 0.3) is 5.56 Å². The van der Waals surface area contributed by atoms with Gasteiger partial charge in [-0.05, 0) is 29.5 Å². The number of H-pyrrole nitrogens is 1. The normalized spacial score (nSPS) is 9.94. The Labute approximate surface area is 107 Å². The molecule has 1 aromatic rings. The fourth-order valence-electron chi connectivity index (χ4n) is 0.977. The van der Waals surface area contributed by atoms with Crippen LogP contribution in [0.4, 0.5) is 5.82 Å². The molecule has 0 aliphatic carbocycles. The average molecular weight is 336 g/mol. The lowest BCUT2D eigenvalue weighted by Crippen LogP contribution is -2.32. The van der Waals surface area contributed by atoms with E-state index in [1.807, 2.05) is 29.5 Å². The van der Waals surface area contributed by atoms with E-state index in [2.05, 4.69) is 15.3 Å². The fraction of sp³-hybridized carbons (Fsp3) is 0.444. The number of nitrogens with one attached hydrogen (secondary N) is 2. The minimum absolute atomic E-state index is 0.0413. The average Bonchev–Trinajstić information content (AvgIpc) is 2.29. The molecule has 1 rings (SSSR count). The van der Waals surface area contributed by atoms with Gasteiger partial charge in [-0.3, -0.25) is 9.59 Å². The number of amides is 1. The number of rotatable bonds is 4. The third-order valence-corrected chi connectivity index (χ3v) is 3.10. The predicted molar refractivity (Wildman–Crippen MR) is 69.4 cm³/mol. The van der Waals surface area contributed by atoms with Crippen molar-refractivity contribution in [3.8, 4) is 0 Å². The number of hydrogen-bond acceptors (Lipinski definition) is 4. The van der Waals surface area contributed by atoms with E-state index < -0.39 is 0 Å². The molecule has 1 heterocycles.